The van der Waals surface area contributed by atoms with Gasteiger partial charge < -0.3 is 4.74 Å². The van der Waals surface area contributed by atoms with Gasteiger partial charge in [0.1, 0.15) is 5.56 Å². The first-order valence-electron chi connectivity index (χ1n) is 4.51. The Balaban J connectivity index is 3.70. The molecular formula is C7H2ClF5N2O5S. The summed E-state index contributed by atoms with van der Waals surface area (Å²) in [6, 6.07) is -0.0828. The van der Waals surface area contributed by atoms with E-state index in [0.717, 1.165) is 0 Å². The van der Waals surface area contributed by atoms with Crippen LogP contribution in [-0.4, -0.2) is 24.7 Å². The lowest BCUT2D eigenvalue weighted by Crippen LogP contribution is -2.19. The summed E-state index contributed by atoms with van der Waals surface area (Å²) in [5, 5.41) is 8.81. The molecular weight excluding hydrogens is 355 g/mol. The molecule has 0 spiro atoms. The van der Waals surface area contributed by atoms with E-state index in [2.05, 4.69) is 9.72 Å². The van der Waals surface area contributed by atoms with Crippen LogP contribution >= 0.6 is 10.7 Å². The van der Waals surface area contributed by atoms with Crippen LogP contribution in [0.4, 0.5) is 27.6 Å². The summed E-state index contributed by atoms with van der Waals surface area (Å²) < 4.78 is 86.7. The number of halogens is 6. The minimum absolute atomic E-state index is 0.0828. The fourth-order valence-electron chi connectivity index (χ4n) is 1.21. The summed E-state index contributed by atoms with van der Waals surface area (Å²) in [6.45, 7) is 0. The summed E-state index contributed by atoms with van der Waals surface area (Å²) in [4.78, 5) is 11.7. The molecule has 0 aliphatic rings. The molecule has 0 saturated carbocycles. The number of hydrogen-bond acceptors (Lipinski definition) is 6. The zero-order chi connectivity index (χ0) is 16.6. The Hall–Kier alpha value is -1.76. The largest absolute Gasteiger partial charge is 0.574 e. The predicted octanol–water partition coefficient (Wildman–Crippen LogP) is 2.75. The molecule has 0 atom stereocenters. The van der Waals surface area contributed by atoms with E-state index < -0.39 is 48.9 Å². The van der Waals surface area contributed by atoms with Crippen molar-refractivity contribution in [3.05, 3.63) is 21.7 Å². The smallest absolute Gasteiger partial charge is 0.388 e. The third-order valence-electron chi connectivity index (χ3n) is 1.84. The molecule has 0 N–H and O–H groups in total. The Kier molecular flexibility index (Phi) is 4.57. The van der Waals surface area contributed by atoms with E-state index in [1.165, 1.54) is 0 Å². The van der Waals surface area contributed by atoms with Gasteiger partial charge in [-0.3, -0.25) is 10.1 Å². The van der Waals surface area contributed by atoms with Gasteiger partial charge >= 0.3 is 6.36 Å². The molecule has 1 heterocycles. The van der Waals surface area contributed by atoms with Crippen LogP contribution in [0.2, 0.25) is 0 Å². The number of aromatic nitrogens is 1. The molecule has 0 aliphatic heterocycles. The third-order valence-corrected chi connectivity index (χ3v) is 3.06. The van der Waals surface area contributed by atoms with Crippen molar-refractivity contribution >= 4 is 25.4 Å². The monoisotopic (exact) mass is 356 g/mol. The first-order valence-corrected chi connectivity index (χ1v) is 6.81. The zero-order valence-electron chi connectivity index (χ0n) is 9.27. The number of nitrogens with zero attached hydrogens (tertiary/aromatic N) is 2. The quantitative estimate of drug-likeness (QED) is 0.356. The highest BCUT2D eigenvalue weighted by atomic mass is 35.7. The van der Waals surface area contributed by atoms with Crippen molar-refractivity contribution in [2.75, 3.05) is 0 Å². The molecule has 0 radical (unpaired) electrons. The van der Waals surface area contributed by atoms with Gasteiger partial charge in [-0.15, -0.1) is 13.2 Å². The number of ether oxygens (including phenoxy) is 1. The van der Waals surface area contributed by atoms with E-state index >= 15 is 0 Å². The topological polar surface area (TPSA) is 99.4 Å². The summed E-state index contributed by atoms with van der Waals surface area (Å²) in [5.41, 5.74) is -3.36. The van der Waals surface area contributed by atoms with Crippen LogP contribution in [0.3, 0.4) is 0 Å². The maximum atomic E-state index is 12.7. The highest BCUT2D eigenvalue weighted by Crippen LogP contribution is 2.38. The van der Waals surface area contributed by atoms with Crippen molar-refractivity contribution in [2.45, 2.75) is 17.8 Å². The summed E-state index contributed by atoms with van der Waals surface area (Å²) in [6.07, 6.45) is -9.10. The molecule has 118 valence electrons. The van der Waals surface area contributed by atoms with Crippen molar-refractivity contribution in [2.24, 2.45) is 0 Å². The second kappa shape index (κ2) is 5.55. The van der Waals surface area contributed by atoms with Gasteiger partial charge in [-0.2, -0.15) is 4.98 Å². The van der Waals surface area contributed by atoms with E-state index in [4.69, 9.17) is 10.7 Å². The van der Waals surface area contributed by atoms with Gasteiger partial charge in [-0.05, 0) is 0 Å². The van der Waals surface area contributed by atoms with E-state index in [9.17, 15) is 40.5 Å². The molecule has 0 aromatic carbocycles. The third kappa shape index (κ3) is 4.35. The van der Waals surface area contributed by atoms with Crippen LogP contribution in [0.25, 0.3) is 0 Å². The van der Waals surface area contributed by atoms with Gasteiger partial charge in [-0.1, -0.05) is 0 Å². The van der Waals surface area contributed by atoms with Gasteiger partial charge in [0.25, 0.3) is 21.2 Å². The Labute approximate surface area is 116 Å². The van der Waals surface area contributed by atoms with Crippen LogP contribution < -0.4 is 4.74 Å². The average molecular weight is 357 g/mol. The second-order valence-corrected chi connectivity index (χ2v) is 5.72. The fraction of sp³-hybridized carbons (Fsp3) is 0.286. The van der Waals surface area contributed by atoms with Crippen LogP contribution in [0.15, 0.2) is 11.1 Å². The number of pyridine rings is 1. The lowest BCUT2D eigenvalue weighted by molar-refractivity contribution is -0.386. The van der Waals surface area contributed by atoms with E-state index in [1.807, 2.05) is 0 Å². The normalized spacial score (nSPS) is 12.5. The van der Waals surface area contributed by atoms with Gasteiger partial charge in [0.2, 0.25) is 5.88 Å². The Bertz CT molecular complexity index is 677. The molecule has 0 saturated heterocycles. The predicted molar refractivity (Wildman–Crippen MR) is 55.6 cm³/mol. The van der Waals surface area contributed by atoms with E-state index in [-0.39, 0.29) is 6.07 Å². The van der Waals surface area contributed by atoms with Crippen molar-refractivity contribution < 1.29 is 40.0 Å². The standard InChI is InChI=1S/C7H2ClF5N2O5S/c8-21(18,19)6-4(5(9)10)2(15(16)17)1-3(14-6)20-7(11,12)13/h1,5H. The maximum absolute atomic E-state index is 12.7. The van der Waals surface area contributed by atoms with Gasteiger partial charge in [0, 0.05) is 10.7 Å². The number of alkyl halides is 5. The lowest BCUT2D eigenvalue weighted by Gasteiger charge is -2.11. The molecule has 0 aliphatic carbocycles. The maximum Gasteiger partial charge on any atom is 0.574 e. The number of hydrogen-bond donors (Lipinski definition) is 0. The minimum atomic E-state index is -5.37. The Morgan fingerprint density at radius 1 is 1.38 bits per heavy atom. The van der Waals surface area contributed by atoms with Crippen LogP contribution in [-0.2, 0) is 9.05 Å². The van der Waals surface area contributed by atoms with Crippen LogP contribution in [0.5, 0.6) is 5.88 Å². The molecule has 0 fully saturated rings. The molecule has 14 heteroatoms. The summed E-state index contributed by atoms with van der Waals surface area (Å²) in [5.74, 6) is -1.61. The van der Waals surface area contributed by atoms with E-state index in [0.29, 0.717) is 0 Å². The first kappa shape index (κ1) is 17.3. The Morgan fingerprint density at radius 3 is 2.24 bits per heavy atom. The van der Waals surface area contributed by atoms with Gasteiger partial charge in [0.15, 0.2) is 5.03 Å². The highest BCUT2D eigenvalue weighted by molar-refractivity contribution is 8.13. The van der Waals surface area contributed by atoms with Crippen molar-refractivity contribution in [1.82, 2.24) is 4.98 Å². The number of nitro groups is 1. The van der Waals surface area contributed by atoms with Crippen molar-refractivity contribution in [1.29, 1.82) is 0 Å². The minimum Gasteiger partial charge on any atom is -0.388 e. The highest BCUT2D eigenvalue weighted by Gasteiger charge is 2.37. The van der Waals surface area contributed by atoms with Crippen molar-refractivity contribution in [3.63, 3.8) is 0 Å². The van der Waals surface area contributed by atoms with Crippen LogP contribution in [0.1, 0.15) is 12.0 Å². The molecule has 1 aromatic rings. The first-order chi connectivity index (χ1) is 9.33. The lowest BCUT2D eigenvalue weighted by atomic mass is 10.2. The molecule has 0 unspecified atom stereocenters. The molecule has 0 amide bonds. The Morgan fingerprint density at radius 2 is 1.90 bits per heavy atom. The van der Waals surface area contributed by atoms with Gasteiger partial charge in [-0.25, -0.2) is 17.2 Å². The molecule has 1 rings (SSSR count). The average Bonchev–Trinajstić information content (AvgIpc) is 2.23. The summed E-state index contributed by atoms with van der Waals surface area (Å²) >= 11 is 0. The molecule has 7 nitrogen and oxygen atoms in total. The van der Waals surface area contributed by atoms with E-state index in [1.54, 1.807) is 0 Å². The molecule has 21 heavy (non-hydrogen) atoms. The number of rotatable bonds is 4. The SMILES string of the molecule is O=[N+]([O-])c1cc(OC(F)(F)F)nc(S(=O)(=O)Cl)c1C(F)F. The fourth-order valence-corrected chi connectivity index (χ4v) is 2.22. The van der Waals surface area contributed by atoms with Crippen molar-refractivity contribution in [3.8, 4) is 5.88 Å². The van der Waals surface area contributed by atoms with Gasteiger partial charge in [0.05, 0.1) is 11.0 Å². The molecule has 1 aromatic heterocycles. The molecule has 0 bridgehead atoms. The second-order valence-electron chi connectivity index (χ2n) is 3.24. The summed E-state index contributed by atoms with van der Waals surface area (Å²) in [7, 11) is -0.339. The zero-order valence-corrected chi connectivity index (χ0v) is 10.8. The van der Waals surface area contributed by atoms with Crippen LogP contribution in [0, 0.1) is 10.1 Å².